The third-order valence-electron chi connectivity index (χ3n) is 4.13. The van der Waals surface area contributed by atoms with Crippen LogP contribution < -0.4 is 9.47 Å². The second kappa shape index (κ2) is 7.02. The smallest absolute Gasteiger partial charge is 0.316 e. The zero-order chi connectivity index (χ0) is 19.9. The van der Waals surface area contributed by atoms with E-state index in [2.05, 4.69) is 0 Å². The first-order chi connectivity index (χ1) is 12.6. The molecule has 2 aromatic carbocycles. The number of carbonyl (C=O) groups excluding carboxylic acids is 2. The minimum Gasteiger partial charge on any atom is -0.452 e. The second-order valence-electron chi connectivity index (χ2n) is 7.28. The standard InChI is InChI=1S/C21H18Cl2O4/c1-11-16(27-20(25)21(2,3)4)9-8-12-18(24)17(26-19(11)12)10-13-14(22)6-5-7-15(13)23/h5-10H,1-4H3/b17-10-. The maximum Gasteiger partial charge on any atom is 0.316 e. The van der Waals surface area contributed by atoms with E-state index in [0.29, 0.717) is 38.2 Å². The predicted octanol–water partition coefficient (Wildman–Crippen LogP) is 5.87. The second-order valence-corrected chi connectivity index (χ2v) is 8.09. The molecule has 1 aliphatic heterocycles. The molecule has 0 aliphatic carbocycles. The molecule has 0 N–H and O–H groups in total. The van der Waals surface area contributed by atoms with Crippen LogP contribution in [0.25, 0.3) is 6.08 Å². The summed E-state index contributed by atoms with van der Waals surface area (Å²) in [4.78, 5) is 24.8. The van der Waals surface area contributed by atoms with Gasteiger partial charge in [0.15, 0.2) is 5.76 Å². The lowest BCUT2D eigenvalue weighted by atomic mass is 9.97. The van der Waals surface area contributed by atoms with Crippen molar-refractivity contribution in [2.24, 2.45) is 5.41 Å². The minimum atomic E-state index is -0.645. The molecule has 0 unspecified atom stereocenters. The lowest BCUT2D eigenvalue weighted by Crippen LogP contribution is -2.25. The highest BCUT2D eigenvalue weighted by Gasteiger charge is 2.32. The van der Waals surface area contributed by atoms with Crippen LogP contribution in [0.3, 0.4) is 0 Å². The molecule has 1 aliphatic rings. The van der Waals surface area contributed by atoms with Gasteiger partial charge in [0.05, 0.1) is 11.0 Å². The molecule has 0 saturated heterocycles. The summed E-state index contributed by atoms with van der Waals surface area (Å²) in [6, 6.07) is 8.28. The summed E-state index contributed by atoms with van der Waals surface area (Å²) in [5.74, 6) is 0.195. The molecule has 0 amide bonds. The first-order valence-electron chi connectivity index (χ1n) is 8.33. The van der Waals surface area contributed by atoms with Crippen molar-refractivity contribution in [3.05, 3.63) is 62.8 Å². The van der Waals surface area contributed by atoms with Gasteiger partial charge in [-0.2, -0.15) is 0 Å². The van der Waals surface area contributed by atoms with Crippen LogP contribution in [0, 0.1) is 12.3 Å². The molecular weight excluding hydrogens is 387 g/mol. The molecule has 4 nitrogen and oxygen atoms in total. The first kappa shape index (κ1) is 19.5. The third-order valence-corrected chi connectivity index (χ3v) is 4.79. The Balaban J connectivity index is 1.97. The highest BCUT2D eigenvalue weighted by molar-refractivity contribution is 6.37. The van der Waals surface area contributed by atoms with Gasteiger partial charge < -0.3 is 9.47 Å². The molecule has 0 radical (unpaired) electrons. The predicted molar refractivity (Wildman–Crippen MR) is 106 cm³/mol. The van der Waals surface area contributed by atoms with E-state index in [-0.39, 0.29) is 17.5 Å². The lowest BCUT2D eigenvalue weighted by molar-refractivity contribution is -0.143. The molecule has 0 spiro atoms. The Morgan fingerprint density at radius 3 is 2.33 bits per heavy atom. The summed E-state index contributed by atoms with van der Waals surface area (Å²) in [5.41, 5.74) is 0.840. The molecular formula is C21H18Cl2O4. The fourth-order valence-electron chi connectivity index (χ4n) is 2.51. The highest BCUT2D eigenvalue weighted by Crippen LogP contribution is 2.40. The number of ketones is 1. The van der Waals surface area contributed by atoms with Crippen molar-refractivity contribution < 1.29 is 19.1 Å². The highest BCUT2D eigenvalue weighted by atomic mass is 35.5. The molecule has 0 fully saturated rings. The molecule has 1 heterocycles. The maximum atomic E-state index is 12.7. The van der Waals surface area contributed by atoms with Gasteiger partial charge in [0, 0.05) is 21.2 Å². The van der Waals surface area contributed by atoms with Gasteiger partial charge in [-0.3, -0.25) is 9.59 Å². The number of ether oxygens (including phenoxy) is 2. The van der Waals surface area contributed by atoms with Gasteiger partial charge in [-0.05, 0) is 58.0 Å². The molecule has 0 saturated carbocycles. The van der Waals surface area contributed by atoms with Crippen molar-refractivity contribution in [2.45, 2.75) is 27.7 Å². The van der Waals surface area contributed by atoms with Crippen molar-refractivity contribution in [1.82, 2.24) is 0 Å². The Kier molecular flexibility index (Phi) is 5.06. The average Bonchev–Trinajstić information content (AvgIpc) is 2.90. The van der Waals surface area contributed by atoms with Crippen molar-refractivity contribution >= 4 is 41.0 Å². The van der Waals surface area contributed by atoms with Crippen molar-refractivity contribution in [2.75, 3.05) is 0 Å². The Labute approximate surface area is 167 Å². The van der Waals surface area contributed by atoms with Gasteiger partial charge in [-0.15, -0.1) is 0 Å². The van der Waals surface area contributed by atoms with Gasteiger partial charge in [0.2, 0.25) is 5.78 Å². The molecule has 0 aromatic heterocycles. The number of benzene rings is 2. The Hall–Kier alpha value is -2.30. The maximum absolute atomic E-state index is 12.7. The van der Waals surface area contributed by atoms with E-state index in [1.165, 1.54) is 6.08 Å². The SMILES string of the molecule is Cc1c(OC(=O)C(C)(C)C)ccc2c1O/C(=C\c1c(Cl)cccc1Cl)C2=O. The van der Waals surface area contributed by atoms with Crippen LogP contribution >= 0.6 is 23.2 Å². The van der Waals surface area contributed by atoms with Gasteiger partial charge in [0.1, 0.15) is 11.5 Å². The molecule has 0 bridgehead atoms. The molecule has 3 rings (SSSR count). The van der Waals surface area contributed by atoms with Crippen molar-refractivity contribution in [3.63, 3.8) is 0 Å². The quantitative estimate of drug-likeness (QED) is 0.356. The number of esters is 1. The number of carbonyl (C=O) groups is 2. The van der Waals surface area contributed by atoms with Crippen LogP contribution in [0.1, 0.15) is 42.3 Å². The largest absolute Gasteiger partial charge is 0.452 e. The topological polar surface area (TPSA) is 52.6 Å². The average molecular weight is 405 g/mol. The van der Waals surface area contributed by atoms with E-state index in [1.54, 1.807) is 58.0 Å². The zero-order valence-corrected chi connectivity index (χ0v) is 16.9. The minimum absolute atomic E-state index is 0.113. The normalized spacial score (nSPS) is 14.9. The number of Topliss-reactive ketones (excluding diaryl/α,β-unsaturated/α-hetero) is 1. The van der Waals surface area contributed by atoms with E-state index in [0.717, 1.165) is 0 Å². The molecule has 0 atom stereocenters. The number of hydrogen-bond acceptors (Lipinski definition) is 4. The lowest BCUT2D eigenvalue weighted by Gasteiger charge is -2.17. The van der Waals surface area contributed by atoms with Gasteiger partial charge in [-0.25, -0.2) is 0 Å². The van der Waals surface area contributed by atoms with Gasteiger partial charge in [-0.1, -0.05) is 29.3 Å². The van der Waals surface area contributed by atoms with E-state index in [4.69, 9.17) is 32.7 Å². The van der Waals surface area contributed by atoms with E-state index >= 15 is 0 Å². The number of halogens is 2. The Morgan fingerprint density at radius 1 is 1.11 bits per heavy atom. The van der Waals surface area contributed by atoms with E-state index in [1.807, 2.05) is 0 Å². The summed E-state index contributed by atoms with van der Waals surface area (Å²) in [6.07, 6.45) is 1.52. The number of rotatable bonds is 2. The van der Waals surface area contributed by atoms with Crippen LogP contribution in [-0.4, -0.2) is 11.8 Å². The van der Waals surface area contributed by atoms with Gasteiger partial charge in [0.25, 0.3) is 0 Å². The van der Waals surface area contributed by atoms with Crippen LogP contribution in [0.5, 0.6) is 11.5 Å². The van der Waals surface area contributed by atoms with Crippen LogP contribution in [0.2, 0.25) is 10.0 Å². The van der Waals surface area contributed by atoms with Crippen LogP contribution in [0.4, 0.5) is 0 Å². The van der Waals surface area contributed by atoms with Gasteiger partial charge >= 0.3 is 5.97 Å². The first-order valence-corrected chi connectivity index (χ1v) is 9.09. The Bertz CT molecular complexity index is 964. The number of fused-ring (bicyclic) bond motifs is 1. The monoisotopic (exact) mass is 404 g/mol. The number of hydrogen-bond donors (Lipinski definition) is 0. The van der Waals surface area contributed by atoms with Crippen molar-refractivity contribution in [1.29, 1.82) is 0 Å². The molecule has 6 heteroatoms. The van der Waals surface area contributed by atoms with Crippen molar-refractivity contribution in [3.8, 4) is 11.5 Å². The summed E-state index contributed by atoms with van der Waals surface area (Å²) >= 11 is 12.3. The van der Waals surface area contributed by atoms with Crippen LogP contribution in [-0.2, 0) is 4.79 Å². The van der Waals surface area contributed by atoms with Crippen LogP contribution in [0.15, 0.2) is 36.1 Å². The Morgan fingerprint density at radius 2 is 1.74 bits per heavy atom. The summed E-state index contributed by atoms with van der Waals surface area (Å²) in [7, 11) is 0. The molecule has 140 valence electrons. The summed E-state index contributed by atoms with van der Waals surface area (Å²) in [6.45, 7) is 7.05. The molecule has 2 aromatic rings. The van der Waals surface area contributed by atoms with E-state index in [9.17, 15) is 9.59 Å². The molecule has 27 heavy (non-hydrogen) atoms. The number of allylic oxidation sites excluding steroid dienone is 1. The zero-order valence-electron chi connectivity index (χ0n) is 15.4. The summed E-state index contributed by atoms with van der Waals surface area (Å²) < 4.78 is 11.2. The summed E-state index contributed by atoms with van der Waals surface area (Å²) in [5, 5.41) is 0.831. The third kappa shape index (κ3) is 3.73. The van der Waals surface area contributed by atoms with E-state index < -0.39 is 5.41 Å². The fourth-order valence-corrected chi connectivity index (χ4v) is 3.02. The fraction of sp³-hybridized carbons (Fsp3) is 0.238.